The lowest BCUT2D eigenvalue weighted by atomic mass is 10.0. The molecule has 3 rings (SSSR count). The molecule has 1 aromatic heterocycles. The van der Waals surface area contributed by atoms with Crippen LogP contribution in [0.5, 0.6) is 0 Å². The Morgan fingerprint density at radius 2 is 1.90 bits per heavy atom. The molecule has 2 N–H and O–H groups in total. The van der Waals surface area contributed by atoms with Crippen LogP contribution in [-0.2, 0) is 0 Å². The second kappa shape index (κ2) is 5.95. The van der Waals surface area contributed by atoms with Gasteiger partial charge < -0.3 is 15.2 Å². The zero-order valence-electron chi connectivity index (χ0n) is 12.7. The van der Waals surface area contributed by atoms with E-state index in [0.717, 1.165) is 36.3 Å². The predicted molar refractivity (Wildman–Crippen MR) is 81.8 cm³/mol. The Morgan fingerprint density at radius 1 is 1.24 bits per heavy atom. The molecular formula is C16H22N4O. The standard InChI is InChI=1S/C16H22N4O/c1-11-6-5-7-12(2)14(11)16-18-15(19-21-16)13(17)10-20-8-3-4-9-20/h5-7,13H,3-4,8-10,17H2,1-2H3. The fourth-order valence-corrected chi connectivity index (χ4v) is 2.96. The average Bonchev–Trinajstić information content (AvgIpc) is 3.10. The highest BCUT2D eigenvalue weighted by Crippen LogP contribution is 2.26. The van der Waals surface area contributed by atoms with Crippen LogP contribution in [0.1, 0.15) is 35.8 Å². The summed E-state index contributed by atoms with van der Waals surface area (Å²) in [5.74, 6) is 1.16. The van der Waals surface area contributed by atoms with E-state index in [0.29, 0.717) is 11.7 Å². The highest BCUT2D eigenvalue weighted by Gasteiger charge is 2.21. The van der Waals surface area contributed by atoms with Crippen LogP contribution in [0, 0.1) is 13.8 Å². The average molecular weight is 286 g/mol. The van der Waals surface area contributed by atoms with Gasteiger partial charge in [0, 0.05) is 12.1 Å². The summed E-state index contributed by atoms with van der Waals surface area (Å²) in [6.07, 6.45) is 2.51. The molecule has 0 spiro atoms. The predicted octanol–water partition coefficient (Wildman–Crippen LogP) is 2.45. The molecule has 0 saturated carbocycles. The maximum Gasteiger partial charge on any atom is 0.258 e. The molecule has 2 aromatic rings. The van der Waals surface area contributed by atoms with Gasteiger partial charge in [-0.3, -0.25) is 0 Å². The van der Waals surface area contributed by atoms with Gasteiger partial charge in [0.25, 0.3) is 5.89 Å². The van der Waals surface area contributed by atoms with Gasteiger partial charge in [-0.25, -0.2) is 0 Å². The minimum atomic E-state index is -0.190. The zero-order valence-corrected chi connectivity index (χ0v) is 12.7. The summed E-state index contributed by atoms with van der Waals surface area (Å²) < 4.78 is 5.44. The fraction of sp³-hybridized carbons (Fsp3) is 0.500. The van der Waals surface area contributed by atoms with Gasteiger partial charge >= 0.3 is 0 Å². The lowest BCUT2D eigenvalue weighted by Gasteiger charge is -2.17. The highest BCUT2D eigenvalue weighted by molar-refractivity contribution is 5.62. The molecule has 1 aliphatic heterocycles. The van der Waals surface area contributed by atoms with Gasteiger partial charge in [-0.05, 0) is 50.9 Å². The third-order valence-electron chi connectivity index (χ3n) is 4.12. The number of rotatable bonds is 4. The number of likely N-dealkylation sites (tertiary alicyclic amines) is 1. The Balaban J connectivity index is 1.79. The maximum atomic E-state index is 6.22. The van der Waals surface area contributed by atoms with Crippen molar-refractivity contribution >= 4 is 0 Å². The van der Waals surface area contributed by atoms with E-state index in [2.05, 4.69) is 41.0 Å². The summed E-state index contributed by atoms with van der Waals surface area (Å²) in [4.78, 5) is 6.88. The molecule has 1 saturated heterocycles. The van der Waals surface area contributed by atoms with Crippen LogP contribution in [0.25, 0.3) is 11.5 Å². The molecule has 0 aliphatic carbocycles. The Kier molecular flexibility index (Phi) is 4.03. The van der Waals surface area contributed by atoms with Crippen LogP contribution < -0.4 is 5.73 Å². The first-order chi connectivity index (χ1) is 10.1. The second-order valence-corrected chi connectivity index (χ2v) is 5.84. The number of aryl methyl sites for hydroxylation is 2. The normalized spacial score (nSPS) is 17.3. The van der Waals surface area contributed by atoms with Crippen molar-refractivity contribution in [3.05, 3.63) is 35.2 Å². The van der Waals surface area contributed by atoms with E-state index in [1.54, 1.807) is 0 Å². The second-order valence-electron chi connectivity index (χ2n) is 5.84. The first kappa shape index (κ1) is 14.2. The summed E-state index contributed by atoms with van der Waals surface area (Å²) in [6.45, 7) is 7.14. The van der Waals surface area contributed by atoms with Gasteiger partial charge in [0.2, 0.25) is 0 Å². The molecule has 1 aliphatic rings. The van der Waals surface area contributed by atoms with Crippen molar-refractivity contribution in [2.45, 2.75) is 32.7 Å². The lowest BCUT2D eigenvalue weighted by molar-refractivity contribution is 0.306. The molecule has 5 nitrogen and oxygen atoms in total. The lowest BCUT2D eigenvalue weighted by Crippen LogP contribution is -2.30. The van der Waals surface area contributed by atoms with Crippen molar-refractivity contribution in [2.24, 2.45) is 5.73 Å². The Morgan fingerprint density at radius 3 is 2.57 bits per heavy atom. The summed E-state index contributed by atoms with van der Waals surface area (Å²) in [6, 6.07) is 5.95. The van der Waals surface area contributed by atoms with E-state index in [1.165, 1.54) is 12.8 Å². The molecule has 1 fully saturated rings. The number of benzene rings is 1. The Bertz CT molecular complexity index is 596. The van der Waals surface area contributed by atoms with Gasteiger partial charge in [0.05, 0.1) is 6.04 Å². The first-order valence-electron chi connectivity index (χ1n) is 7.53. The Labute approximate surface area is 125 Å². The quantitative estimate of drug-likeness (QED) is 0.935. The van der Waals surface area contributed by atoms with E-state index in [-0.39, 0.29) is 6.04 Å². The first-order valence-corrected chi connectivity index (χ1v) is 7.53. The van der Waals surface area contributed by atoms with Crippen molar-refractivity contribution in [3.63, 3.8) is 0 Å². The van der Waals surface area contributed by atoms with E-state index in [4.69, 9.17) is 10.3 Å². The zero-order chi connectivity index (χ0) is 14.8. The topological polar surface area (TPSA) is 68.2 Å². The van der Waals surface area contributed by atoms with Gasteiger partial charge in [-0.15, -0.1) is 0 Å². The molecule has 21 heavy (non-hydrogen) atoms. The number of aromatic nitrogens is 2. The summed E-state index contributed by atoms with van der Waals surface area (Å²) in [5, 5.41) is 4.08. The molecular weight excluding hydrogens is 264 g/mol. The van der Waals surface area contributed by atoms with Gasteiger partial charge in [0.1, 0.15) is 0 Å². The highest BCUT2D eigenvalue weighted by atomic mass is 16.5. The van der Waals surface area contributed by atoms with Gasteiger partial charge in [-0.2, -0.15) is 4.98 Å². The largest absolute Gasteiger partial charge is 0.334 e. The van der Waals surface area contributed by atoms with Crippen LogP contribution in [0.15, 0.2) is 22.7 Å². The molecule has 1 unspecified atom stereocenters. The van der Waals surface area contributed by atoms with Crippen LogP contribution in [0.3, 0.4) is 0 Å². The van der Waals surface area contributed by atoms with Crippen molar-refractivity contribution in [1.82, 2.24) is 15.0 Å². The smallest absolute Gasteiger partial charge is 0.258 e. The fourth-order valence-electron chi connectivity index (χ4n) is 2.96. The number of hydrogen-bond donors (Lipinski definition) is 1. The van der Waals surface area contributed by atoms with Crippen molar-refractivity contribution < 1.29 is 4.52 Å². The maximum absolute atomic E-state index is 6.22. The number of hydrogen-bond acceptors (Lipinski definition) is 5. The Hall–Kier alpha value is -1.72. The third-order valence-corrected chi connectivity index (χ3v) is 4.12. The summed E-state index contributed by atoms with van der Waals surface area (Å²) in [5.41, 5.74) is 9.51. The number of nitrogens with zero attached hydrogens (tertiary/aromatic N) is 3. The molecule has 0 amide bonds. The van der Waals surface area contributed by atoms with Crippen molar-refractivity contribution in [1.29, 1.82) is 0 Å². The van der Waals surface area contributed by atoms with Crippen LogP contribution in [0.2, 0.25) is 0 Å². The molecule has 0 radical (unpaired) electrons. The summed E-state index contributed by atoms with van der Waals surface area (Å²) >= 11 is 0. The molecule has 1 aromatic carbocycles. The van der Waals surface area contributed by atoms with E-state index in [9.17, 15) is 0 Å². The molecule has 5 heteroatoms. The van der Waals surface area contributed by atoms with Crippen molar-refractivity contribution in [2.75, 3.05) is 19.6 Å². The van der Waals surface area contributed by atoms with Crippen LogP contribution in [0.4, 0.5) is 0 Å². The SMILES string of the molecule is Cc1cccc(C)c1-c1nc(C(N)CN2CCCC2)no1. The molecule has 0 bridgehead atoms. The number of nitrogens with two attached hydrogens (primary N) is 1. The minimum Gasteiger partial charge on any atom is -0.334 e. The minimum absolute atomic E-state index is 0.190. The van der Waals surface area contributed by atoms with Crippen molar-refractivity contribution in [3.8, 4) is 11.5 Å². The molecule has 112 valence electrons. The third kappa shape index (κ3) is 2.99. The van der Waals surface area contributed by atoms with Crippen LogP contribution >= 0.6 is 0 Å². The van der Waals surface area contributed by atoms with E-state index in [1.807, 2.05) is 6.07 Å². The van der Waals surface area contributed by atoms with E-state index >= 15 is 0 Å². The monoisotopic (exact) mass is 286 g/mol. The molecule has 2 heterocycles. The van der Waals surface area contributed by atoms with Gasteiger partial charge in [0.15, 0.2) is 5.82 Å². The van der Waals surface area contributed by atoms with E-state index < -0.39 is 0 Å². The molecule has 1 atom stereocenters. The van der Waals surface area contributed by atoms with Gasteiger partial charge in [-0.1, -0.05) is 23.4 Å². The summed E-state index contributed by atoms with van der Waals surface area (Å²) in [7, 11) is 0. The van der Waals surface area contributed by atoms with Crippen LogP contribution in [-0.4, -0.2) is 34.7 Å².